The maximum absolute atomic E-state index is 13.2. The topological polar surface area (TPSA) is 97.3 Å². The number of rotatable bonds is 11. The van der Waals surface area contributed by atoms with Crippen molar-refractivity contribution in [1.29, 1.82) is 0 Å². The molecule has 5 rings (SSSR count). The van der Waals surface area contributed by atoms with Crippen LogP contribution in [-0.4, -0.2) is 34.7 Å². The van der Waals surface area contributed by atoms with Crippen LogP contribution in [0.2, 0.25) is 0 Å². The van der Waals surface area contributed by atoms with Crippen molar-refractivity contribution in [2.45, 2.75) is 52.5 Å². The highest BCUT2D eigenvalue weighted by atomic mass is 16.7. The molecule has 1 atom stereocenters. The van der Waals surface area contributed by atoms with E-state index >= 15 is 0 Å². The smallest absolute Gasteiger partial charge is 0.339 e. The van der Waals surface area contributed by atoms with Gasteiger partial charge in [-0.3, -0.25) is 4.79 Å². The SMILES string of the molecule is CCC1(CC)C(=O)N(C(=O)NCc2ccccc2)C1O/N=C(\C)c1ccc(C(=O)OC(c2ccccc2)c2ccccc2)cc1. The molecule has 0 saturated carbocycles. The number of ether oxygens (including phenoxy) is 1. The Morgan fingerprint density at radius 1 is 0.800 bits per heavy atom. The zero-order valence-electron chi connectivity index (χ0n) is 25.7. The summed E-state index contributed by atoms with van der Waals surface area (Å²) >= 11 is 0. The molecule has 1 saturated heterocycles. The number of hydrogen-bond donors (Lipinski definition) is 1. The van der Waals surface area contributed by atoms with Crippen molar-refractivity contribution in [3.8, 4) is 0 Å². The zero-order chi connectivity index (χ0) is 31.8. The average Bonchev–Trinajstić information content (AvgIpc) is 3.09. The first-order valence-electron chi connectivity index (χ1n) is 15.1. The monoisotopic (exact) mass is 603 g/mol. The van der Waals surface area contributed by atoms with Crippen LogP contribution in [-0.2, 0) is 20.9 Å². The molecular formula is C37H37N3O5. The zero-order valence-corrected chi connectivity index (χ0v) is 25.7. The van der Waals surface area contributed by atoms with Gasteiger partial charge in [0.05, 0.1) is 11.3 Å². The lowest BCUT2D eigenvalue weighted by Crippen LogP contribution is -2.72. The van der Waals surface area contributed by atoms with Crippen molar-refractivity contribution in [1.82, 2.24) is 10.2 Å². The van der Waals surface area contributed by atoms with Crippen LogP contribution in [0.15, 0.2) is 120 Å². The molecule has 1 fully saturated rings. The molecule has 8 heteroatoms. The second kappa shape index (κ2) is 14.0. The van der Waals surface area contributed by atoms with E-state index in [4.69, 9.17) is 9.57 Å². The number of likely N-dealkylation sites (tertiary alicyclic amines) is 1. The molecule has 1 unspecified atom stereocenters. The number of carbonyl (C=O) groups excluding carboxylic acids is 3. The first kappa shape index (κ1) is 31.2. The van der Waals surface area contributed by atoms with Crippen molar-refractivity contribution < 1.29 is 24.0 Å². The Labute approximate surface area is 263 Å². The van der Waals surface area contributed by atoms with Crippen LogP contribution in [0.25, 0.3) is 0 Å². The number of imide groups is 1. The van der Waals surface area contributed by atoms with Crippen LogP contribution in [0.5, 0.6) is 0 Å². The standard InChI is InChI=1S/C37H37N3O5/c1-4-37(5-2)34(42)40(36(43)38-25-27-15-9-6-10-16-27)35(37)45-39-26(3)28-21-23-31(24-22-28)33(41)44-32(29-17-11-7-12-18-29)30-19-13-8-14-20-30/h6-24,32,35H,4-5,25H2,1-3H3,(H,38,43)/b39-26+. The van der Waals surface area contributed by atoms with E-state index < -0.39 is 29.7 Å². The molecule has 1 aliphatic heterocycles. The van der Waals surface area contributed by atoms with Gasteiger partial charge in [-0.25, -0.2) is 14.5 Å². The molecule has 0 aromatic heterocycles. The van der Waals surface area contributed by atoms with Crippen LogP contribution in [0.3, 0.4) is 0 Å². The van der Waals surface area contributed by atoms with Crippen molar-refractivity contribution in [2.24, 2.45) is 10.6 Å². The van der Waals surface area contributed by atoms with Crippen LogP contribution >= 0.6 is 0 Å². The number of oxime groups is 1. The van der Waals surface area contributed by atoms with Gasteiger partial charge in [-0.15, -0.1) is 0 Å². The number of urea groups is 1. The number of hydrogen-bond acceptors (Lipinski definition) is 6. The maximum Gasteiger partial charge on any atom is 0.339 e. The molecule has 1 aliphatic rings. The summed E-state index contributed by atoms with van der Waals surface area (Å²) in [5.41, 5.74) is 3.49. The summed E-state index contributed by atoms with van der Waals surface area (Å²) in [5, 5.41) is 7.13. The number of carbonyl (C=O) groups is 3. The number of amides is 3. The van der Waals surface area contributed by atoms with Gasteiger partial charge < -0.3 is 14.9 Å². The fraction of sp³-hybridized carbons (Fsp3) is 0.243. The summed E-state index contributed by atoms with van der Waals surface area (Å²) in [6.45, 7) is 5.88. The Morgan fingerprint density at radius 3 is 1.84 bits per heavy atom. The van der Waals surface area contributed by atoms with Gasteiger partial charge in [0.25, 0.3) is 0 Å². The van der Waals surface area contributed by atoms with Crippen LogP contribution in [0.4, 0.5) is 4.79 Å². The molecule has 0 spiro atoms. The third-order valence-corrected chi connectivity index (χ3v) is 8.38. The third-order valence-electron chi connectivity index (χ3n) is 8.38. The molecule has 4 aromatic carbocycles. The van der Waals surface area contributed by atoms with E-state index in [0.717, 1.165) is 27.2 Å². The Bertz CT molecular complexity index is 1600. The first-order chi connectivity index (χ1) is 21.9. The Kier molecular flexibility index (Phi) is 9.73. The van der Waals surface area contributed by atoms with Crippen LogP contribution in [0.1, 0.15) is 72.3 Å². The van der Waals surface area contributed by atoms with Gasteiger partial charge >= 0.3 is 12.0 Å². The normalized spacial score (nSPS) is 15.7. The number of benzene rings is 4. The van der Waals surface area contributed by atoms with E-state index in [-0.39, 0.29) is 12.5 Å². The summed E-state index contributed by atoms with van der Waals surface area (Å²) in [4.78, 5) is 46.4. The minimum absolute atomic E-state index is 0.275. The van der Waals surface area contributed by atoms with Crippen LogP contribution in [0, 0.1) is 5.41 Å². The third kappa shape index (κ3) is 6.65. The number of nitrogens with one attached hydrogen (secondary N) is 1. The molecular weight excluding hydrogens is 566 g/mol. The molecule has 4 aromatic rings. The highest BCUT2D eigenvalue weighted by Crippen LogP contribution is 2.46. The molecule has 45 heavy (non-hydrogen) atoms. The molecule has 230 valence electrons. The lowest BCUT2D eigenvalue weighted by molar-refractivity contribution is -0.210. The minimum atomic E-state index is -0.840. The largest absolute Gasteiger partial charge is 0.449 e. The van der Waals surface area contributed by atoms with Crippen LogP contribution < -0.4 is 5.32 Å². The number of β-lactam (4-membered cyclic amide) rings is 1. The fourth-order valence-corrected chi connectivity index (χ4v) is 5.53. The van der Waals surface area contributed by atoms with Gasteiger partial charge in [0, 0.05) is 6.54 Å². The average molecular weight is 604 g/mol. The van der Waals surface area contributed by atoms with Crippen molar-refractivity contribution in [3.05, 3.63) is 143 Å². The first-order valence-corrected chi connectivity index (χ1v) is 15.1. The van der Waals surface area contributed by atoms with Gasteiger partial charge in [0.15, 0.2) is 6.10 Å². The van der Waals surface area contributed by atoms with E-state index in [9.17, 15) is 14.4 Å². The van der Waals surface area contributed by atoms with E-state index in [2.05, 4.69) is 10.5 Å². The molecule has 0 radical (unpaired) electrons. The van der Waals surface area contributed by atoms with Gasteiger partial charge in [-0.05, 0) is 54.2 Å². The quantitative estimate of drug-likeness (QED) is 0.0843. The summed E-state index contributed by atoms with van der Waals surface area (Å²) in [6.07, 6.45) is -0.374. The summed E-state index contributed by atoms with van der Waals surface area (Å²) in [7, 11) is 0. The minimum Gasteiger partial charge on any atom is -0.449 e. The van der Waals surface area contributed by atoms with E-state index in [1.54, 1.807) is 31.2 Å². The molecule has 1 heterocycles. The van der Waals surface area contributed by atoms with Gasteiger partial charge in [0.2, 0.25) is 12.1 Å². The fourth-order valence-electron chi connectivity index (χ4n) is 5.53. The molecule has 3 amide bonds. The summed E-state index contributed by atoms with van der Waals surface area (Å²) < 4.78 is 5.98. The van der Waals surface area contributed by atoms with Crippen molar-refractivity contribution in [3.63, 3.8) is 0 Å². The Balaban J connectivity index is 1.27. The number of nitrogens with zero attached hydrogens (tertiary/aromatic N) is 2. The summed E-state index contributed by atoms with van der Waals surface area (Å²) in [6, 6.07) is 35.1. The molecule has 1 N–H and O–H groups in total. The van der Waals surface area contributed by atoms with E-state index in [1.165, 1.54) is 0 Å². The Hall–Kier alpha value is -5.24. The molecule has 0 bridgehead atoms. The van der Waals surface area contributed by atoms with E-state index in [1.807, 2.05) is 105 Å². The maximum atomic E-state index is 13.2. The van der Waals surface area contributed by atoms with Gasteiger partial charge in [-0.2, -0.15) is 0 Å². The van der Waals surface area contributed by atoms with Crippen molar-refractivity contribution in [2.75, 3.05) is 0 Å². The lowest BCUT2D eigenvalue weighted by Gasteiger charge is -2.51. The van der Waals surface area contributed by atoms with Crippen molar-refractivity contribution >= 4 is 23.6 Å². The van der Waals surface area contributed by atoms with Gasteiger partial charge in [-0.1, -0.05) is 122 Å². The molecule has 8 nitrogen and oxygen atoms in total. The second-order valence-corrected chi connectivity index (χ2v) is 11.0. The van der Waals surface area contributed by atoms with E-state index in [0.29, 0.717) is 24.1 Å². The molecule has 0 aliphatic carbocycles. The highest BCUT2D eigenvalue weighted by Gasteiger charge is 2.63. The number of esters is 1. The lowest BCUT2D eigenvalue weighted by atomic mass is 9.72. The highest BCUT2D eigenvalue weighted by molar-refractivity contribution is 6.03. The van der Waals surface area contributed by atoms with Gasteiger partial charge in [0.1, 0.15) is 5.41 Å². The predicted molar refractivity (Wildman–Crippen MR) is 172 cm³/mol. The Morgan fingerprint density at radius 2 is 1.31 bits per heavy atom. The second-order valence-electron chi connectivity index (χ2n) is 11.0. The predicted octanol–water partition coefficient (Wildman–Crippen LogP) is 7.26. The summed E-state index contributed by atoms with van der Waals surface area (Å²) in [5.74, 6) is -0.728.